The van der Waals surface area contributed by atoms with Gasteiger partial charge >= 0.3 is 5.97 Å². The highest BCUT2D eigenvalue weighted by Crippen LogP contribution is 2.12. The summed E-state index contributed by atoms with van der Waals surface area (Å²) in [4.78, 5) is 15.0. The van der Waals surface area contributed by atoms with Gasteiger partial charge in [-0.15, -0.1) is 11.3 Å². The van der Waals surface area contributed by atoms with Crippen molar-refractivity contribution in [3.63, 3.8) is 0 Å². The molecule has 0 saturated heterocycles. The van der Waals surface area contributed by atoms with Crippen molar-refractivity contribution in [3.8, 4) is 6.07 Å². The lowest BCUT2D eigenvalue weighted by Gasteiger charge is -1.90. The zero-order valence-electron chi connectivity index (χ0n) is 7.56. The van der Waals surface area contributed by atoms with E-state index >= 15 is 0 Å². The third kappa shape index (κ3) is 2.68. The van der Waals surface area contributed by atoms with Crippen LogP contribution in [0.5, 0.6) is 0 Å². The highest BCUT2D eigenvalue weighted by atomic mass is 32.1. The van der Waals surface area contributed by atoms with Crippen LogP contribution >= 0.6 is 11.3 Å². The average molecular weight is 208 g/mol. The molecule has 0 radical (unpaired) electrons. The Hall–Kier alpha value is -1.67. The molecule has 0 saturated carbocycles. The van der Waals surface area contributed by atoms with E-state index in [1.165, 1.54) is 18.4 Å². The predicted molar refractivity (Wildman–Crippen MR) is 52.7 cm³/mol. The summed E-state index contributed by atoms with van der Waals surface area (Å²) in [6.07, 6.45) is 3.74. The van der Waals surface area contributed by atoms with Crippen LogP contribution in [-0.4, -0.2) is 18.1 Å². The van der Waals surface area contributed by atoms with Crippen LogP contribution in [0.25, 0.3) is 6.08 Å². The average Bonchev–Trinajstić information content (AvgIpc) is 2.66. The molecule has 72 valence electrons. The van der Waals surface area contributed by atoms with Crippen LogP contribution in [0.3, 0.4) is 0 Å². The quantitative estimate of drug-likeness (QED) is 0.711. The van der Waals surface area contributed by atoms with E-state index in [4.69, 9.17) is 5.26 Å². The van der Waals surface area contributed by atoms with Crippen LogP contribution in [0, 0.1) is 11.3 Å². The largest absolute Gasteiger partial charge is 0.464 e. The van der Waals surface area contributed by atoms with E-state index in [9.17, 15) is 4.79 Å². The lowest BCUT2D eigenvalue weighted by molar-refractivity contribution is 0.0595. The van der Waals surface area contributed by atoms with Gasteiger partial charge in [-0.05, 0) is 6.08 Å². The summed E-state index contributed by atoms with van der Waals surface area (Å²) in [5, 5.41) is 10.6. The number of esters is 1. The lowest BCUT2D eigenvalue weighted by atomic mass is 10.4. The lowest BCUT2D eigenvalue weighted by Crippen LogP contribution is -2.00. The van der Waals surface area contributed by atoms with Gasteiger partial charge < -0.3 is 4.74 Å². The number of nitriles is 1. The summed E-state index contributed by atoms with van der Waals surface area (Å²) < 4.78 is 4.50. The van der Waals surface area contributed by atoms with E-state index in [1.807, 2.05) is 6.07 Å². The molecule has 0 fully saturated rings. The number of nitrogens with zero attached hydrogens (tertiary/aromatic N) is 2. The molecular weight excluding hydrogens is 200 g/mol. The SMILES string of the molecule is COC(=O)c1csc(C=CCC#N)n1. The van der Waals surface area contributed by atoms with Crippen LogP contribution in [0.1, 0.15) is 21.9 Å². The zero-order chi connectivity index (χ0) is 10.4. The van der Waals surface area contributed by atoms with E-state index in [-0.39, 0.29) is 0 Å². The van der Waals surface area contributed by atoms with Crippen molar-refractivity contribution in [1.82, 2.24) is 4.98 Å². The summed E-state index contributed by atoms with van der Waals surface area (Å²) in [6.45, 7) is 0. The summed E-state index contributed by atoms with van der Waals surface area (Å²) in [5.41, 5.74) is 0.300. The number of methoxy groups -OCH3 is 1. The second kappa shape index (κ2) is 5.14. The van der Waals surface area contributed by atoms with Crippen LogP contribution in [0.2, 0.25) is 0 Å². The molecule has 0 amide bonds. The van der Waals surface area contributed by atoms with Gasteiger partial charge in [-0.2, -0.15) is 5.26 Å². The van der Waals surface area contributed by atoms with E-state index in [0.29, 0.717) is 17.1 Å². The van der Waals surface area contributed by atoms with Gasteiger partial charge in [0.25, 0.3) is 0 Å². The molecule has 1 aromatic heterocycles. The van der Waals surface area contributed by atoms with Crippen molar-refractivity contribution in [3.05, 3.63) is 22.2 Å². The molecule has 0 aliphatic rings. The van der Waals surface area contributed by atoms with E-state index in [0.717, 1.165) is 0 Å². The Labute approximate surface area is 85.5 Å². The molecule has 0 N–H and O–H groups in total. The fourth-order valence-electron chi connectivity index (χ4n) is 0.775. The van der Waals surface area contributed by atoms with Gasteiger partial charge in [0.2, 0.25) is 0 Å². The number of thiazole rings is 1. The van der Waals surface area contributed by atoms with Crippen molar-refractivity contribution in [2.75, 3.05) is 7.11 Å². The highest BCUT2D eigenvalue weighted by molar-refractivity contribution is 7.10. The number of aromatic nitrogens is 1. The van der Waals surface area contributed by atoms with Gasteiger partial charge in [-0.25, -0.2) is 9.78 Å². The molecule has 1 heterocycles. The standard InChI is InChI=1S/C9H8N2O2S/c1-13-9(12)7-6-14-8(11-7)4-2-3-5-10/h2,4,6H,3H2,1H3. The Balaban J connectivity index is 2.69. The minimum absolute atomic E-state index is 0.300. The molecule has 5 heteroatoms. The van der Waals surface area contributed by atoms with Crippen molar-refractivity contribution in [2.24, 2.45) is 0 Å². The molecule has 0 aliphatic heterocycles. The van der Waals surface area contributed by atoms with Crippen molar-refractivity contribution < 1.29 is 9.53 Å². The molecule has 0 spiro atoms. The number of ether oxygens (including phenoxy) is 1. The first-order valence-electron chi connectivity index (χ1n) is 3.85. The summed E-state index contributed by atoms with van der Waals surface area (Å²) >= 11 is 1.34. The van der Waals surface area contributed by atoms with Gasteiger partial charge in [0, 0.05) is 5.38 Å². The van der Waals surface area contributed by atoms with Gasteiger partial charge in [-0.1, -0.05) is 6.08 Å². The van der Waals surface area contributed by atoms with Gasteiger partial charge in [0.15, 0.2) is 5.69 Å². The minimum Gasteiger partial charge on any atom is -0.464 e. The monoisotopic (exact) mass is 208 g/mol. The van der Waals surface area contributed by atoms with E-state index < -0.39 is 5.97 Å². The number of allylic oxidation sites excluding steroid dienone is 1. The predicted octanol–water partition coefficient (Wildman–Crippen LogP) is 1.86. The Morgan fingerprint density at radius 1 is 1.86 bits per heavy atom. The first-order valence-corrected chi connectivity index (χ1v) is 4.73. The zero-order valence-corrected chi connectivity index (χ0v) is 8.37. The molecule has 4 nitrogen and oxygen atoms in total. The molecule has 0 bridgehead atoms. The first kappa shape index (κ1) is 10.4. The maximum atomic E-state index is 11.0. The third-order valence-electron chi connectivity index (χ3n) is 1.39. The smallest absolute Gasteiger partial charge is 0.357 e. The number of hydrogen-bond donors (Lipinski definition) is 0. The Bertz CT molecular complexity index is 390. The fourth-order valence-corrected chi connectivity index (χ4v) is 1.48. The molecule has 1 aromatic rings. The molecular formula is C9H8N2O2S. The number of carbonyl (C=O) groups excluding carboxylic acids is 1. The summed E-state index contributed by atoms with van der Waals surface area (Å²) in [7, 11) is 1.31. The third-order valence-corrected chi connectivity index (χ3v) is 2.20. The molecule has 1 rings (SSSR count). The van der Waals surface area contributed by atoms with Crippen LogP contribution in [0.15, 0.2) is 11.5 Å². The van der Waals surface area contributed by atoms with Crippen molar-refractivity contribution in [1.29, 1.82) is 5.26 Å². The van der Waals surface area contributed by atoms with Gasteiger partial charge in [0.05, 0.1) is 19.6 Å². The van der Waals surface area contributed by atoms with Gasteiger partial charge in [0.1, 0.15) is 5.01 Å². The molecule has 0 aromatic carbocycles. The Morgan fingerprint density at radius 3 is 3.29 bits per heavy atom. The summed E-state index contributed by atoms with van der Waals surface area (Å²) in [6, 6.07) is 1.98. The Morgan fingerprint density at radius 2 is 2.64 bits per heavy atom. The van der Waals surface area contributed by atoms with E-state index in [1.54, 1.807) is 17.5 Å². The molecule has 14 heavy (non-hydrogen) atoms. The van der Waals surface area contributed by atoms with Crippen LogP contribution in [0.4, 0.5) is 0 Å². The fraction of sp³-hybridized carbons (Fsp3) is 0.222. The molecule has 0 unspecified atom stereocenters. The maximum Gasteiger partial charge on any atom is 0.357 e. The van der Waals surface area contributed by atoms with Crippen molar-refractivity contribution >= 4 is 23.4 Å². The maximum absolute atomic E-state index is 11.0. The first-order chi connectivity index (χ1) is 6.77. The second-order valence-electron chi connectivity index (χ2n) is 2.33. The Kier molecular flexibility index (Phi) is 3.83. The van der Waals surface area contributed by atoms with Crippen molar-refractivity contribution in [2.45, 2.75) is 6.42 Å². The van der Waals surface area contributed by atoms with Crippen LogP contribution in [-0.2, 0) is 4.74 Å². The highest BCUT2D eigenvalue weighted by Gasteiger charge is 2.08. The number of rotatable bonds is 3. The number of carbonyl (C=O) groups is 1. The molecule has 0 aliphatic carbocycles. The normalized spacial score (nSPS) is 10.0. The summed E-state index contributed by atoms with van der Waals surface area (Å²) in [5.74, 6) is -0.443. The van der Waals surface area contributed by atoms with Gasteiger partial charge in [-0.3, -0.25) is 0 Å². The number of hydrogen-bond acceptors (Lipinski definition) is 5. The second-order valence-corrected chi connectivity index (χ2v) is 3.22. The van der Waals surface area contributed by atoms with Crippen LogP contribution < -0.4 is 0 Å². The minimum atomic E-state index is -0.443. The van der Waals surface area contributed by atoms with E-state index in [2.05, 4.69) is 9.72 Å². The topological polar surface area (TPSA) is 63.0 Å². The molecule has 0 atom stereocenters.